The third-order valence-electron chi connectivity index (χ3n) is 3.11. The molecule has 2 rings (SSSR count). The summed E-state index contributed by atoms with van der Waals surface area (Å²) >= 11 is 5.83. The number of hydrogen-bond donors (Lipinski definition) is 1. The standard InChI is InChI=1S/C13H13ClN2O/c14-11-5-3-4-10(8-11)12(17)16-13(9-15)6-1-2-7-13/h3-5,8H,1-2,6-7H2,(H,16,17). The van der Waals surface area contributed by atoms with Crippen LogP contribution in [-0.4, -0.2) is 11.4 Å². The quantitative estimate of drug-likeness (QED) is 0.875. The molecule has 0 bridgehead atoms. The third-order valence-corrected chi connectivity index (χ3v) is 3.35. The molecular weight excluding hydrogens is 236 g/mol. The zero-order valence-corrected chi connectivity index (χ0v) is 10.1. The Labute approximate surface area is 105 Å². The molecule has 0 radical (unpaired) electrons. The zero-order chi connectivity index (χ0) is 12.3. The van der Waals surface area contributed by atoms with Gasteiger partial charge < -0.3 is 5.32 Å². The van der Waals surface area contributed by atoms with E-state index in [1.165, 1.54) is 0 Å². The van der Waals surface area contributed by atoms with Crippen LogP contribution in [0.15, 0.2) is 24.3 Å². The van der Waals surface area contributed by atoms with E-state index < -0.39 is 5.54 Å². The van der Waals surface area contributed by atoms with Gasteiger partial charge in [0.25, 0.3) is 5.91 Å². The van der Waals surface area contributed by atoms with Gasteiger partial charge in [0, 0.05) is 10.6 Å². The van der Waals surface area contributed by atoms with E-state index in [0.29, 0.717) is 10.6 Å². The molecule has 0 spiro atoms. The number of halogens is 1. The van der Waals surface area contributed by atoms with Crippen molar-refractivity contribution in [1.29, 1.82) is 5.26 Å². The number of nitrogens with one attached hydrogen (secondary N) is 1. The molecule has 0 unspecified atom stereocenters. The van der Waals surface area contributed by atoms with E-state index in [2.05, 4.69) is 11.4 Å². The lowest BCUT2D eigenvalue weighted by molar-refractivity contribution is 0.0920. The average Bonchev–Trinajstić information content (AvgIpc) is 2.78. The number of benzene rings is 1. The van der Waals surface area contributed by atoms with Crippen molar-refractivity contribution in [3.05, 3.63) is 34.9 Å². The van der Waals surface area contributed by atoms with Crippen molar-refractivity contribution in [2.45, 2.75) is 31.2 Å². The smallest absolute Gasteiger partial charge is 0.252 e. The molecule has 0 aromatic heterocycles. The van der Waals surface area contributed by atoms with Crippen LogP contribution in [0, 0.1) is 11.3 Å². The molecular formula is C13H13ClN2O. The van der Waals surface area contributed by atoms with Gasteiger partial charge in [0.2, 0.25) is 0 Å². The number of carbonyl (C=O) groups excluding carboxylic acids is 1. The first kappa shape index (κ1) is 11.9. The van der Waals surface area contributed by atoms with E-state index in [0.717, 1.165) is 25.7 Å². The first-order chi connectivity index (χ1) is 8.15. The molecule has 3 nitrogen and oxygen atoms in total. The zero-order valence-electron chi connectivity index (χ0n) is 9.37. The number of amides is 1. The molecule has 1 amide bonds. The molecule has 0 aliphatic heterocycles. The van der Waals surface area contributed by atoms with E-state index in [4.69, 9.17) is 11.6 Å². The molecule has 1 aliphatic carbocycles. The van der Waals surface area contributed by atoms with Gasteiger partial charge in [0.05, 0.1) is 6.07 Å². The summed E-state index contributed by atoms with van der Waals surface area (Å²) in [4.78, 5) is 12.0. The minimum atomic E-state index is -0.681. The predicted octanol–water partition coefficient (Wildman–Crippen LogP) is 2.91. The van der Waals surface area contributed by atoms with Crippen LogP contribution in [0.4, 0.5) is 0 Å². The number of rotatable bonds is 2. The van der Waals surface area contributed by atoms with Gasteiger partial charge in [-0.15, -0.1) is 0 Å². The van der Waals surface area contributed by atoms with Gasteiger partial charge in [-0.05, 0) is 43.9 Å². The number of hydrogen-bond acceptors (Lipinski definition) is 2. The van der Waals surface area contributed by atoms with E-state index in [9.17, 15) is 10.1 Å². The topological polar surface area (TPSA) is 52.9 Å². The lowest BCUT2D eigenvalue weighted by Crippen LogP contribution is -2.45. The Hall–Kier alpha value is -1.53. The Balaban J connectivity index is 2.14. The molecule has 0 heterocycles. The van der Waals surface area contributed by atoms with Crippen LogP contribution >= 0.6 is 11.6 Å². The van der Waals surface area contributed by atoms with Crippen LogP contribution < -0.4 is 5.32 Å². The molecule has 1 aromatic carbocycles. The minimum absolute atomic E-state index is 0.226. The van der Waals surface area contributed by atoms with Crippen molar-refractivity contribution in [3.8, 4) is 6.07 Å². The fourth-order valence-electron chi connectivity index (χ4n) is 2.16. The Morgan fingerprint density at radius 1 is 1.41 bits per heavy atom. The molecule has 1 aliphatic rings. The predicted molar refractivity (Wildman–Crippen MR) is 65.7 cm³/mol. The Morgan fingerprint density at radius 2 is 2.12 bits per heavy atom. The first-order valence-corrected chi connectivity index (χ1v) is 6.02. The SMILES string of the molecule is N#CC1(NC(=O)c2cccc(Cl)c2)CCCC1. The second-order valence-corrected chi connectivity index (χ2v) is 4.80. The fraction of sp³-hybridized carbons (Fsp3) is 0.385. The second kappa shape index (κ2) is 4.77. The second-order valence-electron chi connectivity index (χ2n) is 4.37. The number of carbonyl (C=O) groups is 1. The van der Waals surface area contributed by atoms with Crippen molar-refractivity contribution < 1.29 is 4.79 Å². The number of nitriles is 1. The minimum Gasteiger partial charge on any atom is -0.334 e. The summed E-state index contributed by atoms with van der Waals surface area (Å²) in [5, 5.41) is 12.5. The average molecular weight is 249 g/mol. The van der Waals surface area contributed by atoms with E-state index in [1.807, 2.05) is 0 Å². The van der Waals surface area contributed by atoms with Crippen LogP contribution in [0.2, 0.25) is 5.02 Å². The Morgan fingerprint density at radius 3 is 2.71 bits per heavy atom. The van der Waals surface area contributed by atoms with Crippen LogP contribution in [0.1, 0.15) is 36.0 Å². The molecule has 1 saturated carbocycles. The first-order valence-electron chi connectivity index (χ1n) is 5.65. The molecule has 0 atom stereocenters. The van der Waals surface area contributed by atoms with Crippen molar-refractivity contribution in [2.75, 3.05) is 0 Å². The van der Waals surface area contributed by atoms with Crippen molar-refractivity contribution in [3.63, 3.8) is 0 Å². The van der Waals surface area contributed by atoms with Crippen molar-refractivity contribution in [2.24, 2.45) is 0 Å². The maximum Gasteiger partial charge on any atom is 0.252 e. The van der Waals surface area contributed by atoms with Crippen LogP contribution in [-0.2, 0) is 0 Å². The lowest BCUT2D eigenvalue weighted by Gasteiger charge is -2.21. The monoisotopic (exact) mass is 248 g/mol. The van der Waals surface area contributed by atoms with Gasteiger partial charge >= 0.3 is 0 Å². The molecule has 88 valence electrons. The highest BCUT2D eigenvalue weighted by Gasteiger charge is 2.35. The molecule has 1 fully saturated rings. The van der Waals surface area contributed by atoms with Crippen LogP contribution in [0.25, 0.3) is 0 Å². The van der Waals surface area contributed by atoms with Crippen LogP contribution in [0.5, 0.6) is 0 Å². The summed E-state index contributed by atoms with van der Waals surface area (Å²) in [6.45, 7) is 0. The van der Waals surface area contributed by atoms with Crippen molar-refractivity contribution >= 4 is 17.5 Å². The van der Waals surface area contributed by atoms with Gasteiger partial charge in [0.1, 0.15) is 5.54 Å². The Kier molecular flexibility index (Phi) is 3.35. The fourth-order valence-corrected chi connectivity index (χ4v) is 2.35. The molecule has 1 aromatic rings. The summed E-state index contributed by atoms with van der Waals surface area (Å²) in [5.74, 6) is -0.226. The maximum absolute atomic E-state index is 12.0. The van der Waals surface area contributed by atoms with E-state index in [-0.39, 0.29) is 5.91 Å². The number of nitrogens with zero attached hydrogens (tertiary/aromatic N) is 1. The highest BCUT2D eigenvalue weighted by atomic mass is 35.5. The van der Waals surface area contributed by atoms with Gasteiger partial charge in [-0.2, -0.15) is 5.26 Å². The lowest BCUT2D eigenvalue weighted by atomic mass is 9.99. The highest BCUT2D eigenvalue weighted by molar-refractivity contribution is 6.30. The normalized spacial score (nSPS) is 17.4. The van der Waals surface area contributed by atoms with Gasteiger partial charge in [0.15, 0.2) is 0 Å². The summed E-state index contributed by atoms with van der Waals surface area (Å²) in [7, 11) is 0. The molecule has 17 heavy (non-hydrogen) atoms. The maximum atomic E-state index is 12.0. The highest BCUT2D eigenvalue weighted by Crippen LogP contribution is 2.29. The van der Waals surface area contributed by atoms with Crippen molar-refractivity contribution in [1.82, 2.24) is 5.32 Å². The van der Waals surface area contributed by atoms with Gasteiger partial charge in [-0.3, -0.25) is 4.79 Å². The largest absolute Gasteiger partial charge is 0.334 e. The summed E-state index contributed by atoms with van der Waals surface area (Å²) < 4.78 is 0. The van der Waals surface area contributed by atoms with E-state index >= 15 is 0 Å². The summed E-state index contributed by atoms with van der Waals surface area (Å²) in [6.07, 6.45) is 3.44. The molecule has 4 heteroatoms. The van der Waals surface area contributed by atoms with E-state index in [1.54, 1.807) is 24.3 Å². The van der Waals surface area contributed by atoms with Crippen LogP contribution in [0.3, 0.4) is 0 Å². The molecule has 0 saturated heterocycles. The third kappa shape index (κ3) is 2.59. The Bertz CT molecular complexity index is 473. The summed E-state index contributed by atoms with van der Waals surface area (Å²) in [6, 6.07) is 8.97. The molecule has 1 N–H and O–H groups in total. The van der Waals surface area contributed by atoms with Gasteiger partial charge in [-0.25, -0.2) is 0 Å². The van der Waals surface area contributed by atoms with Gasteiger partial charge in [-0.1, -0.05) is 17.7 Å². The summed E-state index contributed by atoms with van der Waals surface area (Å²) in [5.41, 5.74) is -0.182.